The first-order chi connectivity index (χ1) is 9.77. The van der Waals surface area contributed by atoms with Gasteiger partial charge in [0.15, 0.2) is 0 Å². The Balaban J connectivity index is 2.30. The lowest BCUT2D eigenvalue weighted by atomic mass is 10.1. The molecule has 1 amide bonds. The Hall–Kier alpha value is -2.08. The molecule has 0 aliphatic heterocycles. The fraction of sp³-hybridized carbons (Fsp3) is 0.462. The zero-order valence-corrected chi connectivity index (χ0v) is 11.5. The number of amides is 1. The molecule has 0 radical (unpaired) electrons. The van der Waals surface area contributed by atoms with E-state index in [0.29, 0.717) is 25.3 Å². The van der Waals surface area contributed by atoms with Crippen molar-refractivity contribution < 1.29 is 9.53 Å². The molecule has 0 heterocycles. The van der Waals surface area contributed by atoms with Gasteiger partial charge in [-0.05, 0) is 30.3 Å². The zero-order valence-electron chi connectivity index (χ0n) is 11.5. The maximum absolute atomic E-state index is 11.8. The average molecular weight is 277 g/mol. The summed E-state index contributed by atoms with van der Waals surface area (Å²) in [6, 6.07) is 6.96. The van der Waals surface area contributed by atoms with E-state index in [9.17, 15) is 4.79 Å². The van der Waals surface area contributed by atoms with Crippen LogP contribution < -0.4 is 10.6 Å². The number of nitrogens with one attached hydrogen (secondary N) is 2. The van der Waals surface area contributed by atoms with Crippen LogP contribution in [0.4, 0.5) is 0 Å². The standard InChI is InChI=1S/C13H19N5O2/c1-15-6-8-20-9-7-16-13(19)12-4-2-11(3-5-12)10-17-18-14/h2-5,15H,6-10H2,1H3,(H,16,19). The molecule has 0 atom stereocenters. The molecule has 108 valence electrons. The highest BCUT2D eigenvalue weighted by Crippen LogP contribution is 2.05. The van der Waals surface area contributed by atoms with Gasteiger partial charge in [-0.15, -0.1) is 0 Å². The van der Waals surface area contributed by atoms with Gasteiger partial charge in [0, 0.05) is 23.6 Å². The maximum Gasteiger partial charge on any atom is 0.251 e. The Bertz CT molecular complexity index is 454. The summed E-state index contributed by atoms with van der Waals surface area (Å²) in [6.45, 7) is 2.67. The molecule has 1 rings (SSSR count). The summed E-state index contributed by atoms with van der Waals surface area (Å²) in [6.07, 6.45) is 0. The molecule has 0 saturated carbocycles. The lowest BCUT2D eigenvalue weighted by Crippen LogP contribution is -2.28. The van der Waals surface area contributed by atoms with Gasteiger partial charge in [0.1, 0.15) is 0 Å². The summed E-state index contributed by atoms with van der Waals surface area (Å²) < 4.78 is 5.30. The van der Waals surface area contributed by atoms with E-state index in [1.807, 2.05) is 7.05 Å². The summed E-state index contributed by atoms with van der Waals surface area (Å²) in [5.41, 5.74) is 9.67. The SMILES string of the molecule is CNCCOCCNC(=O)c1ccc(CN=[N+]=[N-])cc1. The van der Waals surface area contributed by atoms with Crippen LogP contribution in [-0.2, 0) is 11.3 Å². The fourth-order valence-electron chi connectivity index (χ4n) is 1.49. The van der Waals surface area contributed by atoms with Crippen LogP contribution in [0.1, 0.15) is 15.9 Å². The molecule has 0 fully saturated rings. The van der Waals surface area contributed by atoms with Crippen molar-refractivity contribution in [2.45, 2.75) is 6.54 Å². The molecule has 0 aliphatic rings. The molecule has 7 nitrogen and oxygen atoms in total. The minimum absolute atomic E-state index is 0.141. The van der Waals surface area contributed by atoms with Gasteiger partial charge < -0.3 is 15.4 Å². The van der Waals surface area contributed by atoms with Crippen LogP contribution in [0.3, 0.4) is 0 Å². The van der Waals surface area contributed by atoms with Crippen LogP contribution in [0.2, 0.25) is 0 Å². The van der Waals surface area contributed by atoms with Crippen molar-refractivity contribution in [3.8, 4) is 0 Å². The number of hydrogen-bond donors (Lipinski definition) is 2. The topological polar surface area (TPSA) is 99.1 Å². The van der Waals surface area contributed by atoms with Crippen molar-refractivity contribution in [3.05, 3.63) is 45.8 Å². The highest BCUT2D eigenvalue weighted by molar-refractivity contribution is 5.94. The van der Waals surface area contributed by atoms with Gasteiger partial charge in [-0.3, -0.25) is 4.79 Å². The van der Waals surface area contributed by atoms with Gasteiger partial charge in [0.25, 0.3) is 5.91 Å². The van der Waals surface area contributed by atoms with Gasteiger partial charge in [0.05, 0.1) is 19.8 Å². The third-order valence-electron chi connectivity index (χ3n) is 2.56. The van der Waals surface area contributed by atoms with E-state index < -0.39 is 0 Å². The number of rotatable bonds is 9. The number of ether oxygens (including phenoxy) is 1. The Morgan fingerprint density at radius 3 is 2.65 bits per heavy atom. The van der Waals surface area contributed by atoms with Crippen molar-refractivity contribution in [1.82, 2.24) is 10.6 Å². The largest absolute Gasteiger partial charge is 0.378 e. The third-order valence-corrected chi connectivity index (χ3v) is 2.56. The monoisotopic (exact) mass is 277 g/mol. The van der Waals surface area contributed by atoms with Gasteiger partial charge in [-0.2, -0.15) is 0 Å². The van der Waals surface area contributed by atoms with Gasteiger partial charge in [-0.25, -0.2) is 0 Å². The summed E-state index contributed by atoms with van der Waals surface area (Å²) >= 11 is 0. The predicted octanol–water partition coefficient (Wildman–Crippen LogP) is 1.46. The lowest BCUT2D eigenvalue weighted by Gasteiger charge is -2.06. The van der Waals surface area contributed by atoms with Crippen molar-refractivity contribution in [2.75, 3.05) is 33.4 Å². The Morgan fingerprint density at radius 2 is 2.00 bits per heavy atom. The van der Waals surface area contributed by atoms with Gasteiger partial charge >= 0.3 is 0 Å². The Labute approximate surface area is 117 Å². The maximum atomic E-state index is 11.8. The van der Waals surface area contributed by atoms with Gasteiger partial charge in [-0.1, -0.05) is 17.2 Å². The van der Waals surface area contributed by atoms with E-state index in [0.717, 1.165) is 12.1 Å². The Morgan fingerprint density at radius 1 is 1.30 bits per heavy atom. The molecule has 0 aliphatic carbocycles. The van der Waals surface area contributed by atoms with Crippen LogP contribution in [0.15, 0.2) is 29.4 Å². The fourth-order valence-corrected chi connectivity index (χ4v) is 1.49. The van der Waals surface area contributed by atoms with E-state index in [-0.39, 0.29) is 12.5 Å². The normalized spacial score (nSPS) is 9.85. The predicted molar refractivity (Wildman–Crippen MR) is 76.4 cm³/mol. The van der Waals surface area contributed by atoms with Crippen LogP contribution in [0.25, 0.3) is 10.4 Å². The number of carbonyl (C=O) groups is 1. The van der Waals surface area contributed by atoms with E-state index in [2.05, 4.69) is 20.7 Å². The second-order valence-corrected chi connectivity index (χ2v) is 4.06. The number of nitrogens with zero attached hydrogens (tertiary/aromatic N) is 3. The Kier molecular flexibility index (Phi) is 7.83. The third kappa shape index (κ3) is 6.19. The van der Waals surface area contributed by atoms with E-state index in [1.165, 1.54) is 0 Å². The molecule has 20 heavy (non-hydrogen) atoms. The van der Waals surface area contributed by atoms with E-state index >= 15 is 0 Å². The molecule has 1 aromatic carbocycles. The van der Waals surface area contributed by atoms with Crippen molar-refractivity contribution in [3.63, 3.8) is 0 Å². The number of benzene rings is 1. The zero-order chi connectivity index (χ0) is 14.6. The first kappa shape index (κ1) is 16.0. The van der Waals surface area contributed by atoms with E-state index in [4.69, 9.17) is 10.3 Å². The first-order valence-corrected chi connectivity index (χ1v) is 6.38. The minimum Gasteiger partial charge on any atom is -0.378 e. The van der Waals surface area contributed by atoms with Crippen LogP contribution in [-0.4, -0.2) is 39.3 Å². The van der Waals surface area contributed by atoms with Gasteiger partial charge in [0.2, 0.25) is 0 Å². The molecule has 0 spiro atoms. The highest BCUT2D eigenvalue weighted by Gasteiger charge is 2.04. The van der Waals surface area contributed by atoms with Crippen LogP contribution in [0, 0.1) is 0 Å². The molecule has 0 bridgehead atoms. The molecule has 2 N–H and O–H groups in total. The quantitative estimate of drug-likeness (QED) is 0.309. The van der Waals surface area contributed by atoms with Crippen molar-refractivity contribution in [1.29, 1.82) is 0 Å². The number of likely N-dealkylation sites (N-methyl/N-ethyl adjacent to an activating group) is 1. The number of carbonyl (C=O) groups excluding carboxylic acids is 1. The lowest BCUT2D eigenvalue weighted by molar-refractivity contribution is 0.0917. The van der Waals surface area contributed by atoms with Crippen molar-refractivity contribution >= 4 is 5.91 Å². The van der Waals surface area contributed by atoms with Crippen LogP contribution >= 0.6 is 0 Å². The van der Waals surface area contributed by atoms with Crippen molar-refractivity contribution in [2.24, 2.45) is 5.11 Å². The smallest absolute Gasteiger partial charge is 0.251 e. The number of hydrogen-bond acceptors (Lipinski definition) is 4. The highest BCUT2D eigenvalue weighted by atomic mass is 16.5. The molecule has 1 aromatic rings. The summed E-state index contributed by atoms with van der Waals surface area (Å²) in [7, 11) is 1.86. The minimum atomic E-state index is -0.141. The van der Waals surface area contributed by atoms with E-state index in [1.54, 1.807) is 24.3 Å². The molecule has 0 saturated heterocycles. The number of azide groups is 1. The molecule has 0 aromatic heterocycles. The summed E-state index contributed by atoms with van der Waals surface area (Å²) in [5, 5.41) is 9.20. The second kappa shape index (κ2) is 9.80. The molecular weight excluding hydrogens is 258 g/mol. The summed E-state index contributed by atoms with van der Waals surface area (Å²) in [4.78, 5) is 14.5. The second-order valence-electron chi connectivity index (χ2n) is 4.06. The molecule has 7 heteroatoms. The first-order valence-electron chi connectivity index (χ1n) is 6.38. The average Bonchev–Trinajstić information content (AvgIpc) is 2.49. The molecule has 0 unspecified atom stereocenters. The molecular formula is C13H19N5O2. The summed E-state index contributed by atoms with van der Waals surface area (Å²) in [5.74, 6) is -0.141. The van der Waals surface area contributed by atoms with Crippen LogP contribution in [0.5, 0.6) is 0 Å².